The molecule has 1 heterocycles. The van der Waals surface area contributed by atoms with Crippen LogP contribution in [0.2, 0.25) is 5.02 Å². The van der Waals surface area contributed by atoms with Crippen molar-refractivity contribution in [3.05, 3.63) is 83.0 Å². The maximum absolute atomic E-state index is 13.5. The van der Waals surface area contributed by atoms with Crippen LogP contribution in [0.4, 0.5) is 15.9 Å². The lowest BCUT2D eigenvalue weighted by atomic mass is 10.1. The molecule has 5 nitrogen and oxygen atoms in total. The molecular weight excluding hydrogens is 355 g/mol. The highest BCUT2D eigenvalue weighted by atomic mass is 35.5. The molecule has 1 aromatic heterocycles. The lowest BCUT2D eigenvalue weighted by Gasteiger charge is -2.07. The van der Waals surface area contributed by atoms with E-state index in [1.165, 1.54) is 18.5 Å². The number of amides is 1. The molecule has 7 heteroatoms. The van der Waals surface area contributed by atoms with Crippen molar-refractivity contribution in [2.75, 3.05) is 11.9 Å². The van der Waals surface area contributed by atoms with Crippen LogP contribution < -0.4 is 10.6 Å². The number of halogens is 2. The van der Waals surface area contributed by atoms with Crippen molar-refractivity contribution < 1.29 is 9.18 Å². The third kappa shape index (κ3) is 4.77. The molecule has 0 aliphatic heterocycles. The zero-order chi connectivity index (χ0) is 18.4. The van der Waals surface area contributed by atoms with Gasteiger partial charge in [0.25, 0.3) is 5.91 Å². The first-order valence-corrected chi connectivity index (χ1v) is 8.36. The van der Waals surface area contributed by atoms with E-state index >= 15 is 0 Å². The van der Waals surface area contributed by atoms with Crippen LogP contribution in [0.25, 0.3) is 0 Å². The first kappa shape index (κ1) is 17.8. The largest absolute Gasteiger partial charge is 0.350 e. The number of hydrogen-bond acceptors (Lipinski definition) is 4. The highest BCUT2D eigenvalue weighted by molar-refractivity contribution is 6.30. The van der Waals surface area contributed by atoms with Crippen LogP contribution >= 0.6 is 11.6 Å². The number of anilines is 2. The van der Waals surface area contributed by atoms with Gasteiger partial charge < -0.3 is 10.6 Å². The van der Waals surface area contributed by atoms with Gasteiger partial charge in [-0.1, -0.05) is 29.8 Å². The number of rotatable bonds is 6. The Labute approximate surface area is 155 Å². The molecule has 0 radical (unpaired) electrons. The molecule has 132 valence electrons. The number of carbonyl (C=O) groups excluding carboxylic acids is 1. The van der Waals surface area contributed by atoms with E-state index in [1.807, 2.05) is 12.1 Å². The molecule has 1 amide bonds. The molecule has 26 heavy (non-hydrogen) atoms. The molecule has 0 saturated heterocycles. The summed E-state index contributed by atoms with van der Waals surface area (Å²) < 4.78 is 13.5. The molecule has 0 aliphatic carbocycles. The summed E-state index contributed by atoms with van der Waals surface area (Å²) in [6, 6.07) is 13.6. The molecule has 0 bridgehead atoms. The Morgan fingerprint density at radius 2 is 1.81 bits per heavy atom. The molecule has 0 fully saturated rings. The first-order valence-electron chi connectivity index (χ1n) is 7.98. The number of benzene rings is 2. The first-order chi connectivity index (χ1) is 12.6. The Hall–Kier alpha value is -2.99. The molecular formula is C19H16ClFN4O. The highest BCUT2D eigenvalue weighted by Gasteiger charge is 2.08. The molecule has 3 rings (SSSR count). The monoisotopic (exact) mass is 370 g/mol. The number of carbonyl (C=O) groups is 1. The minimum atomic E-state index is -0.355. The standard InChI is InChI=1S/C19H16ClFN4O/c20-14-5-7-15(8-6-14)25-18-12-23-17(11-24-18)19(26)22-10-9-13-3-1-2-4-16(13)21/h1-8,11-12H,9-10H2,(H,22,26)(H,24,25). The maximum atomic E-state index is 13.5. The van der Waals surface area contributed by atoms with Crippen LogP contribution in [0.5, 0.6) is 0 Å². The third-order valence-corrected chi connectivity index (χ3v) is 3.89. The van der Waals surface area contributed by atoms with Gasteiger partial charge in [-0.3, -0.25) is 4.79 Å². The van der Waals surface area contributed by atoms with Crippen LogP contribution in [-0.4, -0.2) is 22.4 Å². The van der Waals surface area contributed by atoms with Crippen LogP contribution in [0.3, 0.4) is 0 Å². The predicted molar refractivity (Wildman–Crippen MR) is 99.2 cm³/mol. The van der Waals surface area contributed by atoms with E-state index in [-0.39, 0.29) is 17.4 Å². The molecule has 0 saturated carbocycles. The fourth-order valence-corrected chi connectivity index (χ4v) is 2.42. The Morgan fingerprint density at radius 3 is 2.50 bits per heavy atom. The normalized spacial score (nSPS) is 10.4. The lowest BCUT2D eigenvalue weighted by molar-refractivity contribution is 0.0948. The van der Waals surface area contributed by atoms with Gasteiger partial charge in [0.2, 0.25) is 0 Å². The second-order valence-electron chi connectivity index (χ2n) is 5.52. The predicted octanol–water partition coefficient (Wildman–Crippen LogP) is 3.99. The zero-order valence-electron chi connectivity index (χ0n) is 13.7. The molecule has 3 aromatic rings. The number of nitrogens with zero attached hydrogens (tertiary/aromatic N) is 2. The smallest absolute Gasteiger partial charge is 0.271 e. The number of hydrogen-bond donors (Lipinski definition) is 2. The maximum Gasteiger partial charge on any atom is 0.271 e. The van der Waals surface area contributed by atoms with E-state index in [2.05, 4.69) is 20.6 Å². The van der Waals surface area contributed by atoms with Crippen LogP contribution in [0.15, 0.2) is 60.9 Å². The fraction of sp³-hybridized carbons (Fsp3) is 0.105. The van der Waals surface area contributed by atoms with Crippen LogP contribution in [-0.2, 0) is 6.42 Å². The van der Waals surface area contributed by atoms with Crippen molar-refractivity contribution in [2.24, 2.45) is 0 Å². The molecule has 0 unspecified atom stereocenters. The molecule has 0 aliphatic rings. The van der Waals surface area contributed by atoms with Crippen molar-refractivity contribution in [3.8, 4) is 0 Å². The van der Waals surface area contributed by atoms with E-state index in [0.717, 1.165) is 5.69 Å². The Kier molecular flexibility index (Phi) is 5.76. The van der Waals surface area contributed by atoms with Gasteiger partial charge in [0, 0.05) is 17.3 Å². The minimum Gasteiger partial charge on any atom is -0.350 e. The molecule has 2 N–H and O–H groups in total. The van der Waals surface area contributed by atoms with Crippen LogP contribution in [0.1, 0.15) is 16.1 Å². The average molecular weight is 371 g/mol. The summed E-state index contributed by atoms with van der Waals surface area (Å²) in [6.45, 7) is 0.312. The zero-order valence-corrected chi connectivity index (χ0v) is 14.5. The Morgan fingerprint density at radius 1 is 1.04 bits per heavy atom. The van der Waals surface area contributed by atoms with E-state index < -0.39 is 0 Å². The topological polar surface area (TPSA) is 66.9 Å². The summed E-state index contributed by atoms with van der Waals surface area (Å²) in [6.07, 6.45) is 3.26. The summed E-state index contributed by atoms with van der Waals surface area (Å²) >= 11 is 5.84. The van der Waals surface area contributed by atoms with Gasteiger partial charge in [-0.2, -0.15) is 0 Å². The highest BCUT2D eigenvalue weighted by Crippen LogP contribution is 2.17. The SMILES string of the molecule is O=C(NCCc1ccccc1F)c1cnc(Nc2ccc(Cl)cc2)cn1. The number of nitrogens with one attached hydrogen (secondary N) is 2. The van der Waals surface area contributed by atoms with E-state index in [9.17, 15) is 9.18 Å². The van der Waals surface area contributed by atoms with Gasteiger partial charge in [0.15, 0.2) is 0 Å². The fourth-order valence-electron chi connectivity index (χ4n) is 2.29. The summed E-state index contributed by atoms with van der Waals surface area (Å²) in [5.74, 6) is -0.124. The van der Waals surface area contributed by atoms with Gasteiger partial charge in [0.05, 0.1) is 12.4 Å². The number of aromatic nitrogens is 2. The molecule has 0 spiro atoms. The summed E-state index contributed by atoms with van der Waals surface area (Å²) in [4.78, 5) is 20.4. The van der Waals surface area contributed by atoms with Gasteiger partial charge in [0.1, 0.15) is 17.3 Å². The lowest BCUT2D eigenvalue weighted by Crippen LogP contribution is -2.26. The van der Waals surface area contributed by atoms with Gasteiger partial charge in [-0.05, 0) is 42.3 Å². The Balaban J connectivity index is 1.53. The van der Waals surface area contributed by atoms with E-state index in [4.69, 9.17) is 11.6 Å². The van der Waals surface area contributed by atoms with Gasteiger partial charge >= 0.3 is 0 Å². The van der Waals surface area contributed by atoms with Crippen molar-refractivity contribution in [1.82, 2.24) is 15.3 Å². The van der Waals surface area contributed by atoms with E-state index in [0.29, 0.717) is 29.4 Å². The second kappa shape index (κ2) is 8.40. The second-order valence-corrected chi connectivity index (χ2v) is 5.95. The van der Waals surface area contributed by atoms with Crippen LogP contribution in [0, 0.1) is 5.82 Å². The van der Waals surface area contributed by atoms with Crippen molar-refractivity contribution in [2.45, 2.75) is 6.42 Å². The quantitative estimate of drug-likeness (QED) is 0.688. The molecule has 0 atom stereocenters. The van der Waals surface area contributed by atoms with Crippen molar-refractivity contribution >= 4 is 29.0 Å². The summed E-state index contributed by atoms with van der Waals surface area (Å²) in [5.41, 5.74) is 1.56. The molecule has 2 aromatic carbocycles. The van der Waals surface area contributed by atoms with Gasteiger partial charge in [-0.25, -0.2) is 14.4 Å². The summed E-state index contributed by atoms with van der Waals surface area (Å²) in [7, 11) is 0. The minimum absolute atomic E-state index is 0.195. The van der Waals surface area contributed by atoms with Crippen molar-refractivity contribution in [1.29, 1.82) is 0 Å². The Bertz CT molecular complexity index is 885. The summed E-state index contributed by atoms with van der Waals surface area (Å²) in [5, 5.41) is 6.41. The van der Waals surface area contributed by atoms with Crippen molar-refractivity contribution in [3.63, 3.8) is 0 Å². The van der Waals surface area contributed by atoms with Gasteiger partial charge in [-0.15, -0.1) is 0 Å². The third-order valence-electron chi connectivity index (χ3n) is 3.64. The average Bonchev–Trinajstić information content (AvgIpc) is 2.66. The van der Waals surface area contributed by atoms with E-state index in [1.54, 1.807) is 30.3 Å².